The van der Waals surface area contributed by atoms with Crippen molar-refractivity contribution in [3.63, 3.8) is 0 Å². The average Bonchev–Trinajstić information content (AvgIpc) is 2.14. The van der Waals surface area contributed by atoms with Gasteiger partial charge in [-0.2, -0.15) is 13.2 Å². The van der Waals surface area contributed by atoms with Gasteiger partial charge in [-0.25, -0.2) is 0 Å². The second-order valence-electron chi connectivity index (χ2n) is 2.68. The Hall–Kier alpha value is -0.680. The second-order valence-corrected chi connectivity index (χ2v) is 3.77. The van der Waals surface area contributed by atoms with Crippen LogP contribution in [0.3, 0.4) is 0 Å². The number of aliphatic hydroxyl groups is 1. The number of hydrogen-bond donors (Lipinski definition) is 1. The lowest BCUT2D eigenvalue weighted by Crippen LogP contribution is -2.07. The lowest BCUT2D eigenvalue weighted by atomic mass is 10.1. The third-order valence-electron chi connectivity index (χ3n) is 1.59. The fourth-order valence-corrected chi connectivity index (χ4v) is 1.48. The number of benzene rings is 1. The maximum absolute atomic E-state index is 11.8. The molecule has 0 amide bonds. The summed E-state index contributed by atoms with van der Waals surface area (Å²) in [5.41, 5.74) is -3.78. The van der Waals surface area contributed by atoms with Crippen LogP contribution in [-0.2, 0) is 0 Å². The molecule has 0 radical (unpaired) electrons. The van der Waals surface area contributed by atoms with Gasteiger partial charge in [-0.3, -0.25) is 0 Å². The fraction of sp³-hybridized carbons (Fsp3) is 0.333. The molecule has 1 unspecified atom stereocenters. The van der Waals surface area contributed by atoms with Crippen LogP contribution in [0.1, 0.15) is 11.7 Å². The third kappa shape index (κ3) is 4.02. The summed E-state index contributed by atoms with van der Waals surface area (Å²) in [7, 11) is 0. The van der Waals surface area contributed by atoms with Crippen LogP contribution in [0.25, 0.3) is 0 Å². The first-order valence-corrected chi connectivity index (χ1v) is 4.91. The zero-order chi connectivity index (χ0) is 10.6. The van der Waals surface area contributed by atoms with Gasteiger partial charge in [-0.15, -0.1) is 0 Å². The molecule has 0 aliphatic heterocycles. The Morgan fingerprint density at radius 2 is 1.79 bits per heavy atom. The van der Waals surface area contributed by atoms with Gasteiger partial charge in [0.25, 0.3) is 0 Å². The molecule has 1 rings (SSSR count). The first-order valence-electron chi connectivity index (χ1n) is 3.93. The molecular weight excluding hydrogens is 213 g/mol. The van der Waals surface area contributed by atoms with Crippen molar-refractivity contribution >= 4 is 11.8 Å². The van der Waals surface area contributed by atoms with Crippen LogP contribution < -0.4 is 0 Å². The first kappa shape index (κ1) is 11.4. The molecule has 1 atom stereocenters. The Bertz CT molecular complexity index is 273. The molecule has 0 saturated heterocycles. The van der Waals surface area contributed by atoms with Crippen molar-refractivity contribution in [2.24, 2.45) is 0 Å². The number of thioether (sulfide) groups is 1. The number of hydrogen-bond acceptors (Lipinski definition) is 2. The monoisotopic (exact) mass is 222 g/mol. The molecule has 1 nitrogen and oxygen atoms in total. The van der Waals surface area contributed by atoms with E-state index in [9.17, 15) is 18.3 Å². The van der Waals surface area contributed by atoms with Crippen molar-refractivity contribution in [2.75, 3.05) is 5.75 Å². The third-order valence-corrected chi connectivity index (χ3v) is 2.40. The van der Waals surface area contributed by atoms with Gasteiger partial charge in [0, 0.05) is 5.75 Å². The molecule has 0 saturated carbocycles. The quantitative estimate of drug-likeness (QED) is 0.848. The van der Waals surface area contributed by atoms with E-state index in [1.165, 1.54) is 0 Å². The molecule has 0 aliphatic rings. The molecule has 14 heavy (non-hydrogen) atoms. The van der Waals surface area contributed by atoms with E-state index in [2.05, 4.69) is 0 Å². The highest BCUT2D eigenvalue weighted by Crippen LogP contribution is 2.33. The van der Waals surface area contributed by atoms with Crippen LogP contribution in [-0.4, -0.2) is 16.4 Å². The Balaban J connectivity index is 2.48. The number of rotatable bonds is 3. The number of aliphatic hydroxyl groups excluding tert-OH is 1. The van der Waals surface area contributed by atoms with Crippen LogP contribution in [0.2, 0.25) is 0 Å². The highest BCUT2D eigenvalue weighted by atomic mass is 32.2. The second kappa shape index (κ2) is 4.70. The lowest BCUT2D eigenvalue weighted by molar-refractivity contribution is -0.0333. The predicted molar refractivity (Wildman–Crippen MR) is 49.9 cm³/mol. The van der Waals surface area contributed by atoms with E-state index in [-0.39, 0.29) is 17.5 Å². The molecular formula is C9H9F3OS. The predicted octanol–water partition coefficient (Wildman–Crippen LogP) is 2.97. The average molecular weight is 222 g/mol. The van der Waals surface area contributed by atoms with Gasteiger partial charge in [0.05, 0.1) is 6.10 Å². The van der Waals surface area contributed by atoms with E-state index in [1.807, 2.05) is 0 Å². The SMILES string of the molecule is OC(CSC(F)(F)F)c1ccccc1. The standard InChI is InChI=1S/C9H9F3OS/c10-9(11,12)14-6-8(13)7-4-2-1-3-5-7/h1-5,8,13H,6H2. The van der Waals surface area contributed by atoms with E-state index in [0.717, 1.165) is 0 Å². The van der Waals surface area contributed by atoms with Crippen LogP contribution >= 0.6 is 11.8 Å². The molecule has 78 valence electrons. The van der Waals surface area contributed by atoms with Gasteiger partial charge in [-0.1, -0.05) is 30.3 Å². The zero-order valence-corrected chi connectivity index (χ0v) is 7.98. The Morgan fingerprint density at radius 1 is 1.21 bits per heavy atom. The summed E-state index contributed by atoms with van der Waals surface area (Å²) in [6, 6.07) is 8.30. The van der Waals surface area contributed by atoms with Crippen LogP contribution in [0.15, 0.2) is 30.3 Å². The molecule has 0 aliphatic carbocycles. The molecule has 1 aromatic rings. The van der Waals surface area contributed by atoms with E-state index in [0.29, 0.717) is 5.56 Å². The zero-order valence-electron chi connectivity index (χ0n) is 7.16. The minimum atomic E-state index is -4.28. The van der Waals surface area contributed by atoms with Gasteiger partial charge in [0.15, 0.2) is 0 Å². The van der Waals surface area contributed by atoms with Crippen molar-refractivity contribution in [1.29, 1.82) is 0 Å². The number of alkyl halides is 3. The van der Waals surface area contributed by atoms with Crippen molar-refractivity contribution in [2.45, 2.75) is 11.6 Å². The summed E-state index contributed by atoms with van der Waals surface area (Å²) in [5.74, 6) is -0.368. The van der Waals surface area contributed by atoms with Gasteiger partial charge >= 0.3 is 5.51 Å². The van der Waals surface area contributed by atoms with E-state index in [1.54, 1.807) is 30.3 Å². The Labute approximate surface area is 83.9 Å². The van der Waals surface area contributed by atoms with Gasteiger partial charge in [-0.05, 0) is 17.3 Å². The highest BCUT2D eigenvalue weighted by Gasteiger charge is 2.29. The van der Waals surface area contributed by atoms with Crippen LogP contribution in [0.4, 0.5) is 13.2 Å². The minimum absolute atomic E-state index is 0.213. The van der Waals surface area contributed by atoms with E-state index < -0.39 is 11.6 Å². The topological polar surface area (TPSA) is 20.2 Å². The van der Waals surface area contributed by atoms with Gasteiger partial charge < -0.3 is 5.11 Å². The van der Waals surface area contributed by atoms with E-state index in [4.69, 9.17) is 0 Å². The van der Waals surface area contributed by atoms with Crippen LogP contribution in [0, 0.1) is 0 Å². The lowest BCUT2D eigenvalue weighted by Gasteiger charge is -2.11. The Kier molecular flexibility index (Phi) is 3.83. The minimum Gasteiger partial charge on any atom is -0.388 e. The maximum Gasteiger partial charge on any atom is 0.441 e. The molecule has 0 heterocycles. The molecule has 0 bridgehead atoms. The van der Waals surface area contributed by atoms with Crippen molar-refractivity contribution in [3.05, 3.63) is 35.9 Å². The van der Waals surface area contributed by atoms with Gasteiger partial charge in [0.2, 0.25) is 0 Å². The fourth-order valence-electron chi connectivity index (χ4n) is 0.945. The molecule has 0 aromatic heterocycles. The van der Waals surface area contributed by atoms with E-state index >= 15 is 0 Å². The smallest absolute Gasteiger partial charge is 0.388 e. The Morgan fingerprint density at radius 3 is 2.29 bits per heavy atom. The maximum atomic E-state index is 11.8. The summed E-state index contributed by atoms with van der Waals surface area (Å²) >= 11 is -0.213. The molecule has 1 N–H and O–H groups in total. The van der Waals surface area contributed by atoms with Gasteiger partial charge in [0.1, 0.15) is 0 Å². The summed E-state index contributed by atoms with van der Waals surface area (Å²) in [4.78, 5) is 0. The normalized spacial score (nSPS) is 14.0. The summed E-state index contributed by atoms with van der Waals surface area (Å²) in [6.45, 7) is 0. The van der Waals surface area contributed by atoms with Crippen LogP contribution in [0.5, 0.6) is 0 Å². The van der Waals surface area contributed by atoms with Crippen molar-refractivity contribution in [1.82, 2.24) is 0 Å². The molecule has 0 fully saturated rings. The summed E-state index contributed by atoms with van der Waals surface area (Å²) in [5, 5.41) is 9.36. The highest BCUT2D eigenvalue weighted by molar-refractivity contribution is 8.00. The van der Waals surface area contributed by atoms with Crippen molar-refractivity contribution < 1.29 is 18.3 Å². The summed E-state index contributed by atoms with van der Waals surface area (Å²) in [6.07, 6.45) is -1.07. The molecule has 5 heteroatoms. The summed E-state index contributed by atoms with van der Waals surface area (Å²) < 4.78 is 35.4. The first-order chi connectivity index (χ1) is 6.49. The molecule has 1 aromatic carbocycles. The largest absolute Gasteiger partial charge is 0.441 e. The number of halogens is 3. The van der Waals surface area contributed by atoms with Crippen molar-refractivity contribution in [3.8, 4) is 0 Å². The molecule has 0 spiro atoms.